The van der Waals surface area contributed by atoms with Crippen LogP contribution in [0, 0.1) is 5.92 Å². The van der Waals surface area contributed by atoms with Crippen molar-refractivity contribution in [1.82, 2.24) is 10.2 Å². The lowest BCUT2D eigenvalue weighted by molar-refractivity contribution is -0.133. The zero-order valence-corrected chi connectivity index (χ0v) is 8.74. The van der Waals surface area contributed by atoms with Crippen LogP contribution in [0.15, 0.2) is 12.7 Å². The zero-order chi connectivity index (χ0) is 10.8. The molecule has 1 saturated heterocycles. The van der Waals surface area contributed by atoms with Gasteiger partial charge in [-0.15, -0.1) is 6.58 Å². The number of amides is 2. The molecule has 1 unspecified atom stereocenters. The number of rotatable bonds is 3. The second kappa shape index (κ2) is 4.04. The van der Waals surface area contributed by atoms with E-state index in [1.807, 2.05) is 0 Å². The van der Waals surface area contributed by atoms with Gasteiger partial charge in [0.1, 0.15) is 6.04 Å². The molecule has 15 heavy (non-hydrogen) atoms. The lowest BCUT2D eigenvalue weighted by Crippen LogP contribution is -2.46. The minimum atomic E-state index is -0.278. The van der Waals surface area contributed by atoms with Crippen LogP contribution in [0.25, 0.3) is 0 Å². The van der Waals surface area contributed by atoms with Gasteiger partial charge in [0, 0.05) is 19.5 Å². The van der Waals surface area contributed by atoms with Gasteiger partial charge in [0.05, 0.1) is 0 Å². The van der Waals surface area contributed by atoms with E-state index in [1.165, 1.54) is 0 Å². The van der Waals surface area contributed by atoms with Crippen LogP contribution in [0.3, 0.4) is 0 Å². The number of carbonyl (C=O) groups excluding carboxylic acids is 2. The Morgan fingerprint density at radius 3 is 2.80 bits per heavy atom. The van der Waals surface area contributed by atoms with Crippen LogP contribution < -0.4 is 5.32 Å². The summed E-state index contributed by atoms with van der Waals surface area (Å²) in [5.41, 5.74) is 0. The van der Waals surface area contributed by atoms with Crippen LogP contribution in [0.1, 0.15) is 19.3 Å². The quantitative estimate of drug-likeness (QED) is 0.678. The van der Waals surface area contributed by atoms with Crippen molar-refractivity contribution < 1.29 is 9.59 Å². The van der Waals surface area contributed by atoms with Gasteiger partial charge < -0.3 is 10.2 Å². The third-order valence-corrected chi connectivity index (χ3v) is 2.95. The van der Waals surface area contributed by atoms with E-state index in [0.29, 0.717) is 25.4 Å². The first-order chi connectivity index (χ1) is 7.22. The van der Waals surface area contributed by atoms with Gasteiger partial charge in [0.2, 0.25) is 11.8 Å². The largest absolute Gasteiger partial charge is 0.344 e. The molecule has 4 nitrogen and oxygen atoms in total. The molecular weight excluding hydrogens is 192 g/mol. The predicted molar refractivity (Wildman–Crippen MR) is 56.0 cm³/mol. The first-order valence-corrected chi connectivity index (χ1v) is 5.41. The minimum absolute atomic E-state index is 0.00758. The van der Waals surface area contributed by atoms with Crippen molar-refractivity contribution >= 4 is 11.8 Å². The van der Waals surface area contributed by atoms with E-state index < -0.39 is 0 Å². The number of nitrogens with one attached hydrogen (secondary N) is 1. The van der Waals surface area contributed by atoms with Crippen LogP contribution in [0.4, 0.5) is 0 Å². The Labute approximate surface area is 89.3 Å². The summed E-state index contributed by atoms with van der Waals surface area (Å²) in [6, 6.07) is -0.278. The van der Waals surface area contributed by atoms with Crippen LogP contribution in [0.5, 0.6) is 0 Å². The first-order valence-electron chi connectivity index (χ1n) is 5.41. The molecule has 0 spiro atoms. The van der Waals surface area contributed by atoms with E-state index >= 15 is 0 Å². The molecule has 4 heteroatoms. The smallest absolute Gasteiger partial charge is 0.245 e. The van der Waals surface area contributed by atoms with E-state index in [2.05, 4.69) is 11.9 Å². The highest BCUT2D eigenvalue weighted by molar-refractivity contribution is 5.90. The molecule has 82 valence electrons. The topological polar surface area (TPSA) is 49.4 Å². The molecule has 2 amide bonds. The highest BCUT2D eigenvalue weighted by atomic mass is 16.2. The van der Waals surface area contributed by atoms with E-state index in [-0.39, 0.29) is 17.9 Å². The number of nitrogens with zero attached hydrogens (tertiary/aromatic N) is 1. The van der Waals surface area contributed by atoms with Gasteiger partial charge in [0.25, 0.3) is 0 Å². The molecule has 1 aliphatic carbocycles. The Balaban J connectivity index is 2.10. The molecule has 0 aromatic carbocycles. The molecule has 2 fully saturated rings. The first kappa shape index (κ1) is 10.2. The summed E-state index contributed by atoms with van der Waals surface area (Å²) < 4.78 is 0. The van der Waals surface area contributed by atoms with Gasteiger partial charge in [0.15, 0.2) is 0 Å². The molecule has 0 aromatic heterocycles. The average Bonchev–Trinajstić information content (AvgIpc) is 3.02. The fourth-order valence-electron chi connectivity index (χ4n) is 1.94. The highest BCUT2D eigenvalue weighted by Gasteiger charge is 2.40. The molecule has 1 heterocycles. The summed E-state index contributed by atoms with van der Waals surface area (Å²) >= 11 is 0. The molecule has 0 aromatic rings. The van der Waals surface area contributed by atoms with Crippen molar-refractivity contribution in [2.45, 2.75) is 25.3 Å². The van der Waals surface area contributed by atoms with Gasteiger partial charge in [-0.2, -0.15) is 0 Å². The molecular formula is C11H16N2O2. The molecule has 0 radical (unpaired) electrons. The fourth-order valence-corrected chi connectivity index (χ4v) is 1.94. The van der Waals surface area contributed by atoms with Crippen molar-refractivity contribution in [1.29, 1.82) is 0 Å². The van der Waals surface area contributed by atoms with Crippen molar-refractivity contribution in [2.75, 3.05) is 13.1 Å². The Kier molecular flexibility index (Phi) is 2.75. The third-order valence-electron chi connectivity index (χ3n) is 2.95. The Morgan fingerprint density at radius 1 is 1.47 bits per heavy atom. The molecule has 0 bridgehead atoms. The van der Waals surface area contributed by atoms with E-state index in [1.54, 1.807) is 11.0 Å². The second-order valence-electron chi connectivity index (χ2n) is 4.21. The normalized spacial score (nSPS) is 27.2. The van der Waals surface area contributed by atoms with Gasteiger partial charge in [-0.05, 0) is 18.8 Å². The van der Waals surface area contributed by atoms with Gasteiger partial charge in [-0.3, -0.25) is 9.59 Å². The Morgan fingerprint density at radius 2 is 2.20 bits per heavy atom. The molecule has 2 aliphatic rings. The average molecular weight is 208 g/mol. The zero-order valence-electron chi connectivity index (χ0n) is 8.74. The monoisotopic (exact) mass is 208 g/mol. The summed E-state index contributed by atoms with van der Waals surface area (Å²) in [5, 5.41) is 2.81. The standard InChI is InChI=1S/C11H16N2O2/c1-2-6-13-7-5-9(14)12-10(11(13)15)8-3-4-8/h2,8,10H,1,3-7H2,(H,12,14). The van der Waals surface area contributed by atoms with Gasteiger partial charge >= 0.3 is 0 Å². The summed E-state index contributed by atoms with van der Waals surface area (Å²) in [6.45, 7) is 4.68. The van der Waals surface area contributed by atoms with Crippen LogP contribution in [-0.2, 0) is 9.59 Å². The lowest BCUT2D eigenvalue weighted by Gasteiger charge is -2.22. The van der Waals surface area contributed by atoms with Crippen molar-refractivity contribution in [2.24, 2.45) is 5.92 Å². The second-order valence-corrected chi connectivity index (χ2v) is 4.21. The number of hydrogen-bond acceptors (Lipinski definition) is 2. The van der Waals surface area contributed by atoms with Gasteiger partial charge in [-0.25, -0.2) is 0 Å². The third kappa shape index (κ3) is 2.19. The van der Waals surface area contributed by atoms with Crippen molar-refractivity contribution in [3.63, 3.8) is 0 Å². The fraction of sp³-hybridized carbons (Fsp3) is 0.636. The number of hydrogen-bond donors (Lipinski definition) is 1. The maximum atomic E-state index is 12.0. The summed E-state index contributed by atoms with van der Waals surface area (Å²) in [5.74, 6) is 0.418. The van der Waals surface area contributed by atoms with Crippen LogP contribution in [-0.4, -0.2) is 35.8 Å². The molecule has 2 rings (SSSR count). The van der Waals surface area contributed by atoms with Crippen molar-refractivity contribution in [3.8, 4) is 0 Å². The molecule has 1 aliphatic heterocycles. The summed E-state index contributed by atoms with van der Waals surface area (Å²) in [7, 11) is 0. The Hall–Kier alpha value is -1.32. The van der Waals surface area contributed by atoms with E-state index in [4.69, 9.17) is 0 Å². The minimum Gasteiger partial charge on any atom is -0.344 e. The Bertz CT molecular complexity index is 297. The maximum absolute atomic E-state index is 12.0. The highest BCUT2D eigenvalue weighted by Crippen LogP contribution is 2.34. The van der Waals surface area contributed by atoms with Crippen LogP contribution in [0.2, 0.25) is 0 Å². The summed E-state index contributed by atoms with van der Waals surface area (Å²) in [6.07, 6.45) is 4.22. The van der Waals surface area contributed by atoms with Crippen LogP contribution >= 0.6 is 0 Å². The predicted octanol–water partition coefficient (Wildman–Crippen LogP) is 0.299. The van der Waals surface area contributed by atoms with Gasteiger partial charge in [-0.1, -0.05) is 6.08 Å². The number of carbonyl (C=O) groups is 2. The lowest BCUT2D eigenvalue weighted by atomic mass is 10.1. The van der Waals surface area contributed by atoms with E-state index in [0.717, 1.165) is 12.8 Å². The SMILES string of the molecule is C=CCN1CCC(=O)NC(C2CC2)C1=O. The summed E-state index contributed by atoms with van der Waals surface area (Å²) in [4.78, 5) is 25.1. The van der Waals surface area contributed by atoms with E-state index in [9.17, 15) is 9.59 Å². The van der Waals surface area contributed by atoms with Crippen molar-refractivity contribution in [3.05, 3.63) is 12.7 Å². The molecule has 1 N–H and O–H groups in total. The maximum Gasteiger partial charge on any atom is 0.245 e. The molecule has 1 atom stereocenters. The molecule has 1 saturated carbocycles.